The number of aryl methyl sites for hydroxylation is 1. The molecule has 3 amide bonds. The van der Waals surface area contributed by atoms with Crippen LogP contribution < -0.4 is 10.6 Å². The number of amides is 3. The lowest BCUT2D eigenvalue weighted by Gasteiger charge is -2.19. The summed E-state index contributed by atoms with van der Waals surface area (Å²) in [5.74, 6) is -0.162. The van der Waals surface area contributed by atoms with Gasteiger partial charge in [-0.05, 0) is 25.3 Å². The van der Waals surface area contributed by atoms with E-state index in [-0.39, 0.29) is 30.7 Å². The molecule has 9 nitrogen and oxygen atoms in total. The number of nitrogens with zero attached hydrogens (tertiary/aromatic N) is 4. The smallest absolute Gasteiger partial charge is 0.247 e. The second-order valence-corrected chi connectivity index (χ2v) is 7.96. The molecule has 0 spiro atoms. The molecular formula is C21H22N6O3. The largest absolute Gasteiger partial charge is 0.309 e. The Labute approximate surface area is 172 Å². The Morgan fingerprint density at radius 2 is 2.00 bits per heavy atom. The van der Waals surface area contributed by atoms with Gasteiger partial charge in [-0.3, -0.25) is 29.1 Å². The predicted molar refractivity (Wildman–Crippen MR) is 109 cm³/mol. The summed E-state index contributed by atoms with van der Waals surface area (Å²) in [6.07, 6.45) is 2.98. The quantitative estimate of drug-likeness (QED) is 0.628. The lowest BCUT2D eigenvalue weighted by molar-refractivity contribution is -0.134. The van der Waals surface area contributed by atoms with Gasteiger partial charge < -0.3 is 5.32 Å². The Hall–Kier alpha value is -3.49. The third-order valence-electron chi connectivity index (χ3n) is 5.71. The van der Waals surface area contributed by atoms with Crippen LogP contribution in [-0.2, 0) is 28.0 Å². The molecule has 1 atom stereocenters. The molecule has 30 heavy (non-hydrogen) atoms. The van der Waals surface area contributed by atoms with Crippen molar-refractivity contribution in [3.05, 3.63) is 41.7 Å². The van der Waals surface area contributed by atoms with Crippen LogP contribution in [0.25, 0.3) is 10.9 Å². The first-order valence-corrected chi connectivity index (χ1v) is 10.1. The molecule has 3 heterocycles. The van der Waals surface area contributed by atoms with E-state index in [1.165, 1.54) is 0 Å². The molecule has 1 aromatic carbocycles. The van der Waals surface area contributed by atoms with E-state index < -0.39 is 5.92 Å². The van der Waals surface area contributed by atoms with Crippen LogP contribution in [-0.4, -0.2) is 37.3 Å². The van der Waals surface area contributed by atoms with Crippen molar-refractivity contribution < 1.29 is 14.4 Å². The normalized spacial score (nSPS) is 19.2. The third kappa shape index (κ3) is 3.36. The van der Waals surface area contributed by atoms with Gasteiger partial charge in [0.1, 0.15) is 12.4 Å². The molecule has 2 N–H and O–H groups in total. The minimum atomic E-state index is -0.505. The maximum atomic E-state index is 12.7. The van der Waals surface area contributed by atoms with Crippen LogP contribution in [0, 0.1) is 0 Å². The lowest BCUT2D eigenvalue weighted by Crippen LogP contribution is -2.39. The van der Waals surface area contributed by atoms with Gasteiger partial charge in [0.15, 0.2) is 0 Å². The number of nitrogens with one attached hydrogen (secondary N) is 2. The van der Waals surface area contributed by atoms with Crippen LogP contribution in [0.2, 0.25) is 0 Å². The third-order valence-corrected chi connectivity index (χ3v) is 5.71. The molecule has 2 aliphatic rings. The Kier molecular flexibility index (Phi) is 4.38. The van der Waals surface area contributed by atoms with E-state index in [0.29, 0.717) is 23.9 Å². The van der Waals surface area contributed by atoms with Crippen LogP contribution in [0.1, 0.15) is 48.9 Å². The van der Waals surface area contributed by atoms with Crippen molar-refractivity contribution in [1.82, 2.24) is 24.9 Å². The molecule has 9 heteroatoms. The van der Waals surface area contributed by atoms with E-state index >= 15 is 0 Å². The SMILES string of the molecule is Cn1nc(C2CC2)cc1NC(=O)Cn1nc(C2CCC(=O)NC2=O)c2ccccc21. The average molecular weight is 406 g/mol. The van der Waals surface area contributed by atoms with Gasteiger partial charge in [-0.25, -0.2) is 0 Å². The summed E-state index contributed by atoms with van der Waals surface area (Å²) < 4.78 is 3.30. The summed E-state index contributed by atoms with van der Waals surface area (Å²) >= 11 is 0. The Balaban J connectivity index is 1.40. The average Bonchev–Trinajstić information content (AvgIpc) is 3.42. The fraction of sp³-hybridized carbons (Fsp3) is 0.381. The van der Waals surface area contributed by atoms with E-state index in [4.69, 9.17) is 0 Å². The topological polar surface area (TPSA) is 111 Å². The number of anilines is 1. The number of hydrogen-bond donors (Lipinski definition) is 2. The number of rotatable bonds is 5. The second-order valence-electron chi connectivity index (χ2n) is 7.96. The van der Waals surface area contributed by atoms with Gasteiger partial charge in [0.2, 0.25) is 17.7 Å². The van der Waals surface area contributed by atoms with Crippen LogP contribution in [0.4, 0.5) is 5.82 Å². The summed E-state index contributed by atoms with van der Waals surface area (Å²) in [7, 11) is 1.81. The fourth-order valence-corrected chi connectivity index (χ4v) is 3.99. The molecule has 3 aromatic rings. The van der Waals surface area contributed by atoms with Gasteiger partial charge in [0, 0.05) is 30.8 Å². The number of hydrogen-bond acceptors (Lipinski definition) is 5. The number of aromatic nitrogens is 4. The van der Waals surface area contributed by atoms with Crippen molar-refractivity contribution in [3.8, 4) is 0 Å². The highest BCUT2D eigenvalue weighted by molar-refractivity contribution is 6.02. The number of para-hydroxylation sites is 1. The van der Waals surface area contributed by atoms with E-state index in [0.717, 1.165) is 29.4 Å². The molecule has 0 bridgehead atoms. The molecule has 1 aliphatic heterocycles. The zero-order valence-corrected chi connectivity index (χ0v) is 16.6. The molecule has 1 saturated heterocycles. The number of carbonyl (C=O) groups excluding carboxylic acids is 3. The van der Waals surface area contributed by atoms with E-state index in [1.807, 2.05) is 37.4 Å². The Morgan fingerprint density at radius 1 is 1.20 bits per heavy atom. The van der Waals surface area contributed by atoms with E-state index in [1.54, 1.807) is 9.36 Å². The van der Waals surface area contributed by atoms with Crippen molar-refractivity contribution >= 4 is 34.4 Å². The zero-order chi connectivity index (χ0) is 20.8. The summed E-state index contributed by atoms with van der Waals surface area (Å²) in [4.78, 5) is 36.6. The Bertz CT molecular complexity index is 1170. The van der Waals surface area contributed by atoms with Crippen LogP contribution in [0.15, 0.2) is 30.3 Å². The Morgan fingerprint density at radius 3 is 2.77 bits per heavy atom. The van der Waals surface area contributed by atoms with Gasteiger partial charge in [-0.1, -0.05) is 18.2 Å². The number of carbonyl (C=O) groups is 3. The maximum Gasteiger partial charge on any atom is 0.247 e. The predicted octanol–water partition coefficient (Wildman–Crippen LogP) is 1.81. The standard InChI is InChI=1S/C21H22N6O3/c1-26-17(10-15(24-26)12-6-7-12)22-19(29)11-27-16-5-3-2-4-13(16)20(25-27)14-8-9-18(28)23-21(14)30/h2-5,10,12,14H,6-9,11H2,1H3,(H,22,29)(H,23,28,30). The van der Waals surface area contributed by atoms with Crippen molar-refractivity contribution in [2.45, 2.75) is 44.1 Å². The molecule has 1 aliphatic carbocycles. The molecule has 5 rings (SSSR count). The van der Waals surface area contributed by atoms with Gasteiger partial charge in [0.05, 0.1) is 22.8 Å². The summed E-state index contributed by atoms with van der Waals surface area (Å²) in [5.41, 5.74) is 2.38. The second kappa shape index (κ2) is 7.08. The number of fused-ring (bicyclic) bond motifs is 1. The molecule has 0 radical (unpaired) electrons. The highest BCUT2D eigenvalue weighted by Gasteiger charge is 2.32. The van der Waals surface area contributed by atoms with Crippen molar-refractivity contribution in [3.63, 3.8) is 0 Å². The highest BCUT2D eigenvalue weighted by Crippen LogP contribution is 2.40. The maximum absolute atomic E-state index is 12.7. The molecule has 1 unspecified atom stereocenters. The van der Waals surface area contributed by atoms with Crippen LogP contribution >= 0.6 is 0 Å². The van der Waals surface area contributed by atoms with Crippen molar-refractivity contribution in [2.24, 2.45) is 7.05 Å². The van der Waals surface area contributed by atoms with E-state index in [9.17, 15) is 14.4 Å². The first kappa shape index (κ1) is 18.5. The van der Waals surface area contributed by atoms with Gasteiger partial charge in [-0.15, -0.1) is 0 Å². The minimum Gasteiger partial charge on any atom is -0.309 e. The van der Waals surface area contributed by atoms with Crippen LogP contribution in [0.3, 0.4) is 0 Å². The number of benzene rings is 1. The van der Waals surface area contributed by atoms with Gasteiger partial charge >= 0.3 is 0 Å². The number of piperidine rings is 1. The minimum absolute atomic E-state index is 0.0116. The zero-order valence-electron chi connectivity index (χ0n) is 16.6. The first-order valence-electron chi connectivity index (χ1n) is 10.1. The molecular weight excluding hydrogens is 384 g/mol. The monoisotopic (exact) mass is 406 g/mol. The van der Waals surface area contributed by atoms with Gasteiger partial charge in [-0.2, -0.15) is 10.2 Å². The number of imide groups is 1. The fourth-order valence-electron chi connectivity index (χ4n) is 3.99. The molecule has 2 aromatic heterocycles. The van der Waals surface area contributed by atoms with E-state index in [2.05, 4.69) is 20.8 Å². The summed E-state index contributed by atoms with van der Waals surface area (Å²) in [5, 5.41) is 15.2. The lowest BCUT2D eigenvalue weighted by atomic mass is 9.93. The summed E-state index contributed by atoms with van der Waals surface area (Å²) in [6.45, 7) is 0.0116. The molecule has 154 valence electrons. The molecule has 1 saturated carbocycles. The highest BCUT2D eigenvalue weighted by atomic mass is 16.2. The molecule has 2 fully saturated rings. The van der Waals surface area contributed by atoms with Crippen LogP contribution in [0.5, 0.6) is 0 Å². The summed E-state index contributed by atoms with van der Waals surface area (Å²) in [6, 6.07) is 9.43. The van der Waals surface area contributed by atoms with Crippen molar-refractivity contribution in [2.75, 3.05) is 5.32 Å². The van der Waals surface area contributed by atoms with Crippen molar-refractivity contribution in [1.29, 1.82) is 0 Å². The first-order chi connectivity index (χ1) is 14.5. The van der Waals surface area contributed by atoms with Gasteiger partial charge in [0.25, 0.3) is 0 Å².